The average molecular weight is 471 g/mol. The van der Waals surface area contributed by atoms with E-state index >= 15 is 0 Å². The van der Waals surface area contributed by atoms with Crippen LogP contribution in [0.15, 0.2) is 103 Å². The standard InChI is InChI=1S/C31H26N4O/c1-21-14-17-29(34(2)3)33-31(21)35-27-12-5-4-11-25(27)26-16-15-23(20-28(26)35)22-9-8-10-24(19-22)36-30-13-6-7-18-32-30/h4-20H,1-3H3. The zero-order valence-corrected chi connectivity index (χ0v) is 20.5. The molecule has 0 saturated carbocycles. The van der Waals surface area contributed by atoms with Crippen LogP contribution in [0.2, 0.25) is 0 Å². The molecule has 3 aromatic carbocycles. The van der Waals surface area contributed by atoms with Gasteiger partial charge in [-0.05, 0) is 60.0 Å². The molecule has 6 aromatic rings. The molecule has 0 aliphatic rings. The largest absolute Gasteiger partial charge is 0.439 e. The first kappa shape index (κ1) is 21.9. The second kappa shape index (κ2) is 8.86. The van der Waals surface area contributed by atoms with Crippen molar-refractivity contribution in [1.29, 1.82) is 0 Å². The van der Waals surface area contributed by atoms with Crippen LogP contribution in [0, 0.1) is 6.92 Å². The van der Waals surface area contributed by atoms with Gasteiger partial charge in [0.15, 0.2) is 0 Å². The van der Waals surface area contributed by atoms with E-state index in [4.69, 9.17) is 9.72 Å². The number of nitrogens with zero attached hydrogens (tertiary/aromatic N) is 4. The van der Waals surface area contributed by atoms with Gasteiger partial charge in [-0.15, -0.1) is 0 Å². The molecular weight excluding hydrogens is 444 g/mol. The van der Waals surface area contributed by atoms with E-state index in [9.17, 15) is 0 Å². The highest BCUT2D eigenvalue weighted by atomic mass is 16.5. The summed E-state index contributed by atoms with van der Waals surface area (Å²) in [4.78, 5) is 11.4. The SMILES string of the molecule is Cc1ccc(N(C)C)nc1-n1c2ccccc2c2ccc(-c3cccc(Oc4ccccn4)c3)cc21. The molecule has 5 heteroatoms. The van der Waals surface area contributed by atoms with E-state index < -0.39 is 0 Å². The third-order valence-electron chi connectivity index (χ3n) is 6.43. The summed E-state index contributed by atoms with van der Waals surface area (Å²) in [5.74, 6) is 3.20. The first-order chi connectivity index (χ1) is 17.6. The minimum atomic E-state index is 0.576. The van der Waals surface area contributed by atoms with Gasteiger partial charge in [-0.2, -0.15) is 0 Å². The molecule has 0 aliphatic heterocycles. The lowest BCUT2D eigenvalue weighted by Crippen LogP contribution is -2.12. The third kappa shape index (κ3) is 3.85. The van der Waals surface area contributed by atoms with Crippen molar-refractivity contribution in [3.8, 4) is 28.6 Å². The quantitative estimate of drug-likeness (QED) is 0.263. The van der Waals surface area contributed by atoms with Gasteiger partial charge in [0.1, 0.15) is 17.4 Å². The Hall–Kier alpha value is -4.64. The lowest BCUT2D eigenvalue weighted by molar-refractivity contribution is 0.463. The first-order valence-electron chi connectivity index (χ1n) is 12.0. The highest BCUT2D eigenvalue weighted by molar-refractivity contribution is 6.10. The molecule has 0 saturated heterocycles. The van der Waals surface area contributed by atoms with E-state index in [-0.39, 0.29) is 0 Å². The van der Waals surface area contributed by atoms with Gasteiger partial charge in [0, 0.05) is 37.1 Å². The second-order valence-corrected chi connectivity index (χ2v) is 9.09. The van der Waals surface area contributed by atoms with Crippen LogP contribution < -0.4 is 9.64 Å². The summed E-state index contributed by atoms with van der Waals surface area (Å²) >= 11 is 0. The third-order valence-corrected chi connectivity index (χ3v) is 6.43. The van der Waals surface area contributed by atoms with Gasteiger partial charge in [0.25, 0.3) is 0 Å². The minimum Gasteiger partial charge on any atom is -0.439 e. The van der Waals surface area contributed by atoms with E-state index in [1.807, 2.05) is 49.3 Å². The summed E-state index contributed by atoms with van der Waals surface area (Å²) < 4.78 is 8.27. The lowest BCUT2D eigenvalue weighted by Gasteiger charge is -2.16. The Labute approximate surface area is 210 Å². The molecule has 176 valence electrons. The predicted molar refractivity (Wildman–Crippen MR) is 147 cm³/mol. The predicted octanol–water partition coefficient (Wildman–Crippen LogP) is 7.41. The van der Waals surface area contributed by atoms with Crippen molar-refractivity contribution in [3.05, 3.63) is 109 Å². The first-order valence-corrected chi connectivity index (χ1v) is 12.0. The number of ether oxygens (including phenoxy) is 1. The Morgan fingerprint density at radius 3 is 2.36 bits per heavy atom. The molecule has 0 aliphatic carbocycles. The number of anilines is 1. The van der Waals surface area contributed by atoms with Crippen LogP contribution in [0.5, 0.6) is 11.6 Å². The summed E-state index contributed by atoms with van der Waals surface area (Å²) in [6, 6.07) is 33.1. The maximum Gasteiger partial charge on any atom is 0.219 e. The number of aromatic nitrogens is 3. The van der Waals surface area contributed by atoms with Gasteiger partial charge < -0.3 is 9.64 Å². The molecular formula is C31H26N4O. The highest BCUT2D eigenvalue weighted by Crippen LogP contribution is 2.36. The Morgan fingerprint density at radius 2 is 1.53 bits per heavy atom. The molecule has 3 heterocycles. The van der Waals surface area contributed by atoms with Gasteiger partial charge in [-0.1, -0.05) is 54.6 Å². The monoisotopic (exact) mass is 470 g/mol. The molecule has 5 nitrogen and oxygen atoms in total. The fourth-order valence-electron chi connectivity index (χ4n) is 4.63. The van der Waals surface area contributed by atoms with E-state index in [1.165, 1.54) is 10.8 Å². The van der Waals surface area contributed by atoms with Crippen molar-refractivity contribution in [3.63, 3.8) is 0 Å². The van der Waals surface area contributed by atoms with E-state index in [2.05, 4.69) is 83.2 Å². The zero-order chi connectivity index (χ0) is 24.6. The number of benzene rings is 3. The van der Waals surface area contributed by atoms with E-state index in [1.54, 1.807) is 6.20 Å². The summed E-state index contributed by atoms with van der Waals surface area (Å²) in [7, 11) is 4.04. The van der Waals surface area contributed by atoms with E-state index in [0.717, 1.165) is 45.1 Å². The number of pyridine rings is 2. The summed E-state index contributed by atoms with van der Waals surface area (Å²) in [6.07, 6.45) is 1.73. The Balaban J connectivity index is 1.53. The zero-order valence-electron chi connectivity index (χ0n) is 20.5. The van der Waals surface area contributed by atoms with Crippen molar-refractivity contribution in [2.24, 2.45) is 0 Å². The summed E-state index contributed by atoms with van der Waals surface area (Å²) in [6.45, 7) is 2.12. The van der Waals surface area contributed by atoms with Crippen LogP contribution in [0.1, 0.15) is 5.56 Å². The van der Waals surface area contributed by atoms with Gasteiger partial charge >= 0.3 is 0 Å². The highest BCUT2D eigenvalue weighted by Gasteiger charge is 2.16. The van der Waals surface area contributed by atoms with Crippen LogP contribution in [-0.4, -0.2) is 28.6 Å². The molecule has 0 unspecified atom stereocenters. The molecule has 0 fully saturated rings. The van der Waals surface area contributed by atoms with Crippen molar-refractivity contribution >= 4 is 27.6 Å². The molecule has 0 bridgehead atoms. The smallest absolute Gasteiger partial charge is 0.219 e. The van der Waals surface area contributed by atoms with Gasteiger partial charge in [0.2, 0.25) is 5.88 Å². The van der Waals surface area contributed by atoms with Crippen LogP contribution in [0.25, 0.3) is 38.8 Å². The molecule has 0 amide bonds. The minimum absolute atomic E-state index is 0.576. The van der Waals surface area contributed by atoms with Gasteiger partial charge in [-0.25, -0.2) is 9.97 Å². The van der Waals surface area contributed by atoms with Crippen molar-refractivity contribution in [1.82, 2.24) is 14.5 Å². The number of hydrogen-bond acceptors (Lipinski definition) is 4. The van der Waals surface area contributed by atoms with Crippen molar-refractivity contribution < 1.29 is 4.74 Å². The Bertz CT molecular complexity index is 1700. The molecule has 0 radical (unpaired) electrons. The van der Waals surface area contributed by atoms with E-state index in [0.29, 0.717) is 5.88 Å². The van der Waals surface area contributed by atoms with Crippen LogP contribution >= 0.6 is 0 Å². The topological polar surface area (TPSA) is 43.2 Å². The van der Waals surface area contributed by atoms with Crippen molar-refractivity contribution in [2.45, 2.75) is 6.92 Å². The van der Waals surface area contributed by atoms with Gasteiger partial charge in [-0.3, -0.25) is 4.57 Å². The second-order valence-electron chi connectivity index (χ2n) is 9.09. The summed E-state index contributed by atoms with van der Waals surface area (Å²) in [5, 5.41) is 2.41. The fraction of sp³-hybridized carbons (Fsp3) is 0.0968. The van der Waals surface area contributed by atoms with Crippen LogP contribution in [0.4, 0.5) is 5.82 Å². The number of aryl methyl sites for hydroxylation is 1. The number of fused-ring (bicyclic) bond motifs is 3. The lowest BCUT2D eigenvalue weighted by atomic mass is 10.0. The average Bonchev–Trinajstić information content (AvgIpc) is 3.23. The molecule has 0 spiro atoms. The van der Waals surface area contributed by atoms with Crippen LogP contribution in [0.3, 0.4) is 0 Å². The maximum atomic E-state index is 5.99. The number of para-hydroxylation sites is 1. The Morgan fingerprint density at radius 1 is 0.722 bits per heavy atom. The maximum absolute atomic E-state index is 5.99. The molecule has 3 aromatic heterocycles. The van der Waals surface area contributed by atoms with Crippen molar-refractivity contribution in [2.75, 3.05) is 19.0 Å². The molecule has 0 atom stereocenters. The normalized spacial score (nSPS) is 11.2. The summed E-state index contributed by atoms with van der Waals surface area (Å²) in [5.41, 5.74) is 5.58. The Kier molecular flexibility index (Phi) is 5.38. The van der Waals surface area contributed by atoms with Gasteiger partial charge in [0.05, 0.1) is 11.0 Å². The number of hydrogen-bond donors (Lipinski definition) is 0. The number of rotatable bonds is 5. The molecule has 0 N–H and O–H groups in total. The molecule has 36 heavy (non-hydrogen) atoms. The fourth-order valence-corrected chi connectivity index (χ4v) is 4.63. The van der Waals surface area contributed by atoms with Crippen LogP contribution in [-0.2, 0) is 0 Å². The molecule has 6 rings (SSSR count).